The average molecular weight is 364 g/mol. The zero-order chi connectivity index (χ0) is 16.3. The molecule has 0 fully saturated rings. The van der Waals surface area contributed by atoms with Crippen molar-refractivity contribution in [3.05, 3.63) is 52.0 Å². The van der Waals surface area contributed by atoms with Gasteiger partial charge >= 0.3 is 0 Å². The fourth-order valence-electron chi connectivity index (χ4n) is 2.17. The van der Waals surface area contributed by atoms with Gasteiger partial charge in [0.25, 0.3) is 0 Å². The zero-order valence-electron chi connectivity index (χ0n) is 12.4. The maximum Gasteiger partial charge on any atom is 0.227 e. The first-order chi connectivity index (χ1) is 10.4. The molecule has 0 saturated carbocycles. The summed E-state index contributed by atoms with van der Waals surface area (Å²) in [6.45, 7) is 3.76. The highest BCUT2D eigenvalue weighted by Crippen LogP contribution is 2.26. The minimum Gasteiger partial charge on any atom is -0.504 e. The number of hydrogen-bond donors (Lipinski definition) is 3. The van der Waals surface area contributed by atoms with Crippen LogP contribution in [0.25, 0.3) is 0 Å². The van der Waals surface area contributed by atoms with Crippen LogP contribution in [-0.4, -0.2) is 16.1 Å². The summed E-state index contributed by atoms with van der Waals surface area (Å²) in [7, 11) is 0. The van der Waals surface area contributed by atoms with Crippen LogP contribution in [0.2, 0.25) is 0 Å². The Balaban J connectivity index is 2.04. The molecule has 116 valence electrons. The standard InChI is InChI=1S/C17H18BrNO3/c1-10-8-13(18)4-5-14(10)19-17(22)11(2)7-12-3-6-15(20)16(21)9-12/h3-6,8-9,11,20-21H,7H2,1-2H3,(H,19,22). The Hall–Kier alpha value is -2.01. The highest BCUT2D eigenvalue weighted by molar-refractivity contribution is 9.10. The van der Waals surface area contributed by atoms with Crippen molar-refractivity contribution < 1.29 is 15.0 Å². The highest BCUT2D eigenvalue weighted by Gasteiger charge is 2.15. The highest BCUT2D eigenvalue weighted by atomic mass is 79.9. The molecule has 1 atom stereocenters. The molecule has 0 aliphatic heterocycles. The van der Waals surface area contributed by atoms with E-state index in [-0.39, 0.29) is 23.3 Å². The van der Waals surface area contributed by atoms with E-state index in [9.17, 15) is 15.0 Å². The van der Waals surface area contributed by atoms with Gasteiger partial charge in [-0.3, -0.25) is 4.79 Å². The third-order valence-corrected chi connectivity index (χ3v) is 3.97. The van der Waals surface area contributed by atoms with Gasteiger partial charge in [-0.05, 0) is 54.8 Å². The van der Waals surface area contributed by atoms with Crippen molar-refractivity contribution in [2.24, 2.45) is 5.92 Å². The molecular formula is C17H18BrNO3. The van der Waals surface area contributed by atoms with E-state index in [2.05, 4.69) is 21.2 Å². The van der Waals surface area contributed by atoms with Crippen LogP contribution in [0.15, 0.2) is 40.9 Å². The van der Waals surface area contributed by atoms with Crippen LogP contribution in [-0.2, 0) is 11.2 Å². The summed E-state index contributed by atoms with van der Waals surface area (Å²) in [4.78, 5) is 12.3. The van der Waals surface area contributed by atoms with Gasteiger partial charge in [0.1, 0.15) is 0 Å². The molecule has 0 aliphatic carbocycles. The minimum absolute atomic E-state index is 0.0852. The second-order valence-electron chi connectivity index (χ2n) is 5.38. The molecular weight excluding hydrogens is 346 g/mol. The Morgan fingerprint density at radius 2 is 1.91 bits per heavy atom. The predicted octanol–water partition coefficient (Wildman–Crippen LogP) is 3.99. The Labute approximate surface area is 137 Å². The van der Waals surface area contributed by atoms with E-state index in [0.717, 1.165) is 21.3 Å². The van der Waals surface area contributed by atoms with Crippen molar-refractivity contribution in [1.29, 1.82) is 0 Å². The number of amides is 1. The van der Waals surface area contributed by atoms with Crippen LogP contribution in [0.3, 0.4) is 0 Å². The largest absolute Gasteiger partial charge is 0.504 e. The average Bonchev–Trinajstić information content (AvgIpc) is 2.45. The number of halogens is 1. The second-order valence-corrected chi connectivity index (χ2v) is 6.29. The smallest absolute Gasteiger partial charge is 0.227 e. The van der Waals surface area contributed by atoms with Crippen molar-refractivity contribution in [2.75, 3.05) is 5.32 Å². The lowest BCUT2D eigenvalue weighted by Gasteiger charge is -2.14. The van der Waals surface area contributed by atoms with E-state index < -0.39 is 0 Å². The lowest BCUT2D eigenvalue weighted by molar-refractivity contribution is -0.119. The van der Waals surface area contributed by atoms with Crippen LogP contribution >= 0.6 is 15.9 Å². The number of benzene rings is 2. The fraction of sp³-hybridized carbons (Fsp3) is 0.235. The molecule has 0 aromatic heterocycles. The van der Waals surface area contributed by atoms with Crippen LogP contribution < -0.4 is 5.32 Å². The Morgan fingerprint density at radius 1 is 1.18 bits per heavy atom. The molecule has 3 N–H and O–H groups in total. The Bertz CT molecular complexity index is 700. The summed E-state index contributed by atoms with van der Waals surface area (Å²) in [5.41, 5.74) is 2.57. The lowest BCUT2D eigenvalue weighted by Crippen LogP contribution is -2.22. The third-order valence-electron chi connectivity index (χ3n) is 3.48. The first kappa shape index (κ1) is 16.4. The quantitative estimate of drug-likeness (QED) is 0.719. The van der Waals surface area contributed by atoms with Crippen LogP contribution in [0.1, 0.15) is 18.1 Å². The van der Waals surface area contributed by atoms with Gasteiger partial charge < -0.3 is 15.5 Å². The number of phenolic OH excluding ortho intramolecular Hbond substituents is 2. The maximum absolute atomic E-state index is 12.3. The van der Waals surface area contributed by atoms with Gasteiger partial charge in [-0.1, -0.05) is 28.9 Å². The molecule has 1 unspecified atom stereocenters. The van der Waals surface area contributed by atoms with Gasteiger partial charge in [-0.15, -0.1) is 0 Å². The summed E-state index contributed by atoms with van der Waals surface area (Å²) in [5, 5.41) is 21.7. The topological polar surface area (TPSA) is 69.6 Å². The third kappa shape index (κ3) is 4.01. The Kier molecular flexibility index (Phi) is 5.08. The number of nitrogens with one attached hydrogen (secondary N) is 1. The first-order valence-corrected chi connectivity index (χ1v) is 7.74. The normalized spacial score (nSPS) is 12.0. The van der Waals surface area contributed by atoms with Crippen LogP contribution in [0.5, 0.6) is 11.5 Å². The molecule has 0 saturated heterocycles. The number of phenols is 2. The second kappa shape index (κ2) is 6.83. The van der Waals surface area contributed by atoms with Gasteiger partial charge in [-0.2, -0.15) is 0 Å². The number of aryl methyl sites for hydroxylation is 1. The van der Waals surface area contributed by atoms with Gasteiger partial charge in [0.2, 0.25) is 5.91 Å². The maximum atomic E-state index is 12.3. The Morgan fingerprint density at radius 3 is 2.55 bits per heavy atom. The lowest BCUT2D eigenvalue weighted by atomic mass is 9.99. The molecule has 22 heavy (non-hydrogen) atoms. The molecule has 0 radical (unpaired) electrons. The number of anilines is 1. The minimum atomic E-state index is -0.257. The molecule has 0 spiro atoms. The van der Waals surface area contributed by atoms with Crippen LogP contribution in [0.4, 0.5) is 5.69 Å². The number of carbonyl (C=O) groups is 1. The van der Waals surface area contributed by atoms with Gasteiger partial charge in [0.05, 0.1) is 0 Å². The molecule has 2 aromatic rings. The first-order valence-electron chi connectivity index (χ1n) is 6.94. The fourth-order valence-corrected chi connectivity index (χ4v) is 2.64. The molecule has 0 heterocycles. The van der Waals surface area contributed by atoms with Gasteiger partial charge in [-0.25, -0.2) is 0 Å². The van der Waals surface area contributed by atoms with Crippen molar-refractivity contribution in [2.45, 2.75) is 20.3 Å². The summed E-state index contributed by atoms with van der Waals surface area (Å²) >= 11 is 3.39. The summed E-state index contributed by atoms with van der Waals surface area (Å²) in [5.74, 6) is -0.676. The summed E-state index contributed by atoms with van der Waals surface area (Å²) in [6.07, 6.45) is 0.481. The van der Waals surface area contributed by atoms with E-state index in [1.165, 1.54) is 12.1 Å². The molecule has 5 heteroatoms. The van der Waals surface area contributed by atoms with Crippen molar-refractivity contribution >= 4 is 27.5 Å². The molecule has 0 bridgehead atoms. The monoisotopic (exact) mass is 363 g/mol. The van der Waals surface area contributed by atoms with Gasteiger partial charge in [0.15, 0.2) is 11.5 Å². The van der Waals surface area contributed by atoms with Crippen molar-refractivity contribution in [1.82, 2.24) is 0 Å². The number of hydrogen-bond acceptors (Lipinski definition) is 3. The molecule has 2 aromatic carbocycles. The zero-order valence-corrected chi connectivity index (χ0v) is 14.0. The van der Waals surface area contributed by atoms with E-state index in [4.69, 9.17) is 0 Å². The number of aromatic hydroxyl groups is 2. The number of carbonyl (C=O) groups excluding carboxylic acids is 1. The van der Waals surface area contributed by atoms with E-state index in [0.29, 0.717) is 6.42 Å². The molecule has 0 aliphatic rings. The van der Waals surface area contributed by atoms with Crippen molar-refractivity contribution in [3.8, 4) is 11.5 Å². The van der Waals surface area contributed by atoms with E-state index in [1.54, 1.807) is 6.07 Å². The van der Waals surface area contributed by atoms with Crippen molar-refractivity contribution in [3.63, 3.8) is 0 Å². The SMILES string of the molecule is Cc1cc(Br)ccc1NC(=O)C(C)Cc1ccc(O)c(O)c1. The van der Waals surface area contributed by atoms with Crippen LogP contribution in [0, 0.1) is 12.8 Å². The van der Waals surface area contributed by atoms with Gasteiger partial charge in [0, 0.05) is 16.1 Å². The van der Waals surface area contributed by atoms with E-state index >= 15 is 0 Å². The number of rotatable bonds is 4. The summed E-state index contributed by atoms with van der Waals surface area (Å²) in [6, 6.07) is 10.3. The molecule has 1 amide bonds. The molecule has 2 rings (SSSR count). The van der Waals surface area contributed by atoms with E-state index in [1.807, 2.05) is 32.0 Å². The molecule has 4 nitrogen and oxygen atoms in total. The predicted molar refractivity (Wildman–Crippen MR) is 90.1 cm³/mol. The summed E-state index contributed by atoms with van der Waals surface area (Å²) < 4.78 is 0.968.